The number of halogens is 2. The first-order valence-electron chi connectivity index (χ1n) is 5.73. The van der Waals surface area contributed by atoms with Crippen LogP contribution in [0.1, 0.15) is 42.9 Å². The molecule has 3 heteroatoms. The van der Waals surface area contributed by atoms with E-state index in [9.17, 15) is 9.50 Å². The Morgan fingerprint density at radius 2 is 2.00 bits per heavy atom. The molecular formula is C13H16ClFO. The molecule has 0 aliphatic heterocycles. The van der Waals surface area contributed by atoms with E-state index >= 15 is 0 Å². The van der Waals surface area contributed by atoms with Crippen molar-refractivity contribution in [3.05, 3.63) is 34.1 Å². The van der Waals surface area contributed by atoms with Gasteiger partial charge in [0.25, 0.3) is 0 Å². The van der Waals surface area contributed by atoms with Crippen LogP contribution >= 0.6 is 11.6 Å². The zero-order chi connectivity index (χ0) is 11.7. The number of hydrogen-bond donors (Lipinski definition) is 1. The van der Waals surface area contributed by atoms with Gasteiger partial charge < -0.3 is 5.11 Å². The van der Waals surface area contributed by atoms with Gasteiger partial charge in [-0.1, -0.05) is 24.4 Å². The Bertz CT molecular complexity index is 386. The van der Waals surface area contributed by atoms with E-state index < -0.39 is 6.10 Å². The maximum Gasteiger partial charge on any atom is 0.132 e. The molecule has 1 atom stereocenters. The van der Waals surface area contributed by atoms with Gasteiger partial charge in [-0.2, -0.15) is 0 Å². The van der Waals surface area contributed by atoms with Crippen molar-refractivity contribution >= 4 is 11.6 Å². The van der Waals surface area contributed by atoms with Gasteiger partial charge >= 0.3 is 0 Å². The highest BCUT2D eigenvalue weighted by atomic mass is 35.5. The van der Waals surface area contributed by atoms with Crippen molar-refractivity contribution < 1.29 is 9.50 Å². The summed E-state index contributed by atoms with van der Waals surface area (Å²) in [6, 6.07) is 3.13. The fourth-order valence-electron chi connectivity index (χ4n) is 2.49. The summed E-state index contributed by atoms with van der Waals surface area (Å²) in [5, 5.41) is 10.6. The molecule has 1 unspecified atom stereocenters. The summed E-state index contributed by atoms with van der Waals surface area (Å²) in [4.78, 5) is 0. The molecular weight excluding hydrogens is 227 g/mol. The minimum atomic E-state index is -0.708. The van der Waals surface area contributed by atoms with Crippen molar-refractivity contribution in [2.24, 2.45) is 5.92 Å². The van der Waals surface area contributed by atoms with Crippen LogP contribution in [-0.2, 0) is 0 Å². The number of aliphatic hydroxyl groups excluding tert-OH is 1. The van der Waals surface area contributed by atoms with Gasteiger partial charge in [0.15, 0.2) is 0 Å². The zero-order valence-corrected chi connectivity index (χ0v) is 10.1. The van der Waals surface area contributed by atoms with Gasteiger partial charge in [0, 0.05) is 10.6 Å². The zero-order valence-electron chi connectivity index (χ0n) is 9.34. The van der Waals surface area contributed by atoms with Crippen LogP contribution < -0.4 is 0 Å². The van der Waals surface area contributed by atoms with Crippen molar-refractivity contribution in [2.45, 2.75) is 38.7 Å². The molecule has 0 bridgehead atoms. The number of rotatable bonds is 2. The molecule has 1 nitrogen and oxygen atoms in total. The second-order valence-electron chi connectivity index (χ2n) is 4.62. The second-order valence-corrected chi connectivity index (χ2v) is 5.05. The fraction of sp³-hybridized carbons (Fsp3) is 0.538. The van der Waals surface area contributed by atoms with Gasteiger partial charge in [-0.25, -0.2) is 4.39 Å². The van der Waals surface area contributed by atoms with E-state index in [1.165, 1.54) is 0 Å². The molecule has 2 rings (SSSR count). The number of aliphatic hydroxyl groups is 1. The summed E-state index contributed by atoms with van der Waals surface area (Å²) >= 11 is 5.90. The van der Waals surface area contributed by atoms with Crippen molar-refractivity contribution in [1.82, 2.24) is 0 Å². The summed E-state index contributed by atoms with van der Waals surface area (Å²) in [6.45, 7) is 1.67. The van der Waals surface area contributed by atoms with Gasteiger partial charge in [0.2, 0.25) is 0 Å². The molecule has 88 valence electrons. The van der Waals surface area contributed by atoms with Crippen LogP contribution in [0, 0.1) is 18.7 Å². The SMILES string of the molecule is Cc1cc(Cl)cc(C(O)C2CCCC2)c1F. The van der Waals surface area contributed by atoms with E-state index in [-0.39, 0.29) is 11.7 Å². The summed E-state index contributed by atoms with van der Waals surface area (Å²) in [5.41, 5.74) is 0.858. The second kappa shape index (κ2) is 4.72. The number of hydrogen-bond acceptors (Lipinski definition) is 1. The van der Waals surface area contributed by atoms with Crippen molar-refractivity contribution in [3.8, 4) is 0 Å². The molecule has 0 heterocycles. The van der Waals surface area contributed by atoms with Crippen LogP contribution in [0.2, 0.25) is 5.02 Å². The average molecular weight is 243 g/mol. The van der Waals surface area contributed by atoms with E-state index in [4.69, 9.17) is 11.6 Å². The van der Waals surface area contributed by atoms with E-state index in [1.54, 1.807) is 19.1 Å². The molecule has 1 aliphatic rings. The molecule has 1 saturated carbocycles. The molecule has 1 aliphatic carbocycles. The topological polar surface area (TPSA) is 20.2 Å². The third kappa shape index (κ3) is 2.23. The fourth-order valence-corrected chi connectivity index (χ4v) is 2.77. The van der Waals surface area contributed by atoms with E-state index in [1.807, 2.05) is 0 Å². The van der Waals surface area contributed by atoms with E-state index in [0.717, 1.165) is 25.7 Å². The molecule has 1 fully saturated rings. The predicted octanol–water partition coefficient (Wildman–Crippen LogP) is 4.01. The van der Waals surface area contributed by atoms with Crippen molar-refractivity contribution in [2.75, 3.05) is 0 Å². The lowest BCUT2D eigenvalue weighted by Crippen LogP contribution is -2.11. The molecule has 1 aromatic rings. The predicted molar refractivity (Wildman–Crippen MR) is 63.1 cm³/mol. The van der Waals surface area contributed by atoms with Crippen molar-refractivity contribution in [3.63, 3.8) is 0 Å². The highest BCUT2D eigenvalue weighted by Crippen LogP contribution is 2.37. The van der Waals surface area contributed by atoms with Crippen molar-refractivity contribution in [1.29, 1.82) is 0 Å². The van der Waals surface area contributed by atoms with Gasteiger partial charge in [-0.05, 0) is 43.4 Å². The summed E-state index contributed by atoms with van der Waals surface area (Å²) < 4.78 is 13.9. The monoisotopic (exact) mass is 242 g/mol. The Balaban J connectivity index is 2.31. The Kier molecular flexibility index (Phi) is 3.50. The molecule has 0 amide bonds. The number of aryl methyl sites for hydroxylation is 1. The molecule has 0 aromatic heterocycles. The van der Waals surface area contributed by atoms with Gasteiger partial charge in [-0.15, -0.1) is 0 Å². The lowest BCUT2D eigenvalue weighted by Gasteiger charge is -2.19. The van der Waals surface area contributed by atoms with Gasteiger partial charge in [0.05, 0.1) is 6.10 Å². The van der Waals surface area contributed by atoms with Crippen LogP contribution in [-0.4, -0.2) is 5.11 Å². The first-order valence-corrected chi connectivity index (χ1v) is 6.11. The minimum Gasteiger partial charge on any atom is -0.388 e. The Morgan fingerprint density at radius 1 is 1.38 bits per heavy atom. The van der Waals surface area contributed by atoms with Crippen LogP contribution in [0.15, 0.2) is 12.1 Å². The van der Waals surface area contributed by atoms with Crippen LogP contribution in [0.3, 0.4) is 0 Å². The maximum absolute atomic E-state index is 13.9. The summed E-state index contributed by atoms with van der Waals surface area (Å²) in [7, 11) is 0. The average Bonchev–Trinajstić information content (AvgIpc) is 2.75. The summed E-state index contributed by atoms with van der Waals surface area (Å²) in [5.74, 6) is -0.129. The highest BCUT2D eigenvalue weighted by Gasteiger charge is 2.27. The smallest absolute Gasteiger partial charge is 0.132 e. The lowest BCUT2D eigenvalue weighted by atomic mass is 9.93. The standard InChI is InChI=1S/C13H16ClFO/c1-8-6-10(14)7-11(12(8)15)13(16)9-4-2-3-5-9/h6-7,9,13,16H,2-5H2,1H3. The lowest BCUT2D eigenvalue weighted by molar-refractivity contribution is 0.108. The first kappa shape index (κ1) is 11.9. The minimum absolute atomic E-state index is 0.187. The Hall–Kier alpha value is -0.600. The molecule has 1 N–H and O–H groups in total. The van der Waals surface area contributed by atoms with Gasteiger partial charge in [-0.3, -0.25) is 0 Å². The quantitative estimate of drug-likeness (QED) is 0.831. The van der Waals surface area contributed by atoms with Crippen LogP contribution in [0.4, 0.5) is 4.39 Å². The molecule has 16 heavy (non-hydrogen) atoms. The van der Waals surface area contributed by atoms with E-state index in [2.05, 4.69) is 0 Å². The third-order valence-electron chi connectivity index (χ3n) is 3.41. The molecule has 0 saturated heterocycles. The Morgan fingerprint density at radius 3 is 2.62 bits per heavy atom. The summed E-state index contributed by atoms with van der Waals surface area (Å²) in [6.07, 6.45) is 3.50. The maximum atomic E-state index is 13.9. The number of benzene rings is 1. The third-order valence-corrected chi connectivity index (χ3v) is 3.63. The Labute approximate surface area is 100 Å². The highest BCUT2D eigenvalue weighted by molar-refractivity contribution is 6.30. The van der Waals surface area contributed by atoms with Crippen LogP contribution in [0.5, 0.6) is 0 Å². The van der Waals surface area contributed by atoms with Crippen LogP contribution in [0.25, 0.3) is 0 Å². The molecule has 0 radical (unpaired) electrons. The molecule has 0 spiro atoms. The largest absolute Gasteiger partial charge is 0.388 e. The first-order chi connectivity index (χ1) is 7.59. The molecule has 1 aromatic carbocycles. The van der Waals surface area contributed by atoms with E-state index in [0.29, 0.717) is 16.1 Å². The van der Waals surface area contributed by atoms with Gasteiger partial charge in [0.1, 0.15) is 5.82 Å². The normalized spacial score (nSPS) is 19.0.